The maximum atomic E-state index is 9.40. The molecule has 9 rings (SSSR count). The molecular formula is C56H48I2N4O2S3. The second-order valence-corrected chi connectivity index (χ2v) is 16.2. The van der Waals surface area contributed by atoms with Crippen LogP contribution >= 0.6 is 73.0 Å². The average molecular weight is 1160 g/mol. The highest BCUT2D eigenvalue weighted by Crippen LogP contribution is 2.46. The molecule has 0 saturated carbocycles. The molecule has 3 N–H and O–H groups in total. The van der Waals surface area contributed by atoms with E-state index in [0.29, 0.717) is 0 Å². The van der Waals surface area contributed by atoms with Crippen LogP contribution in [-0.4, -0.2) is 25.7 Å². The maximum Gasteiger partial charge on any atom is 0.129 e. The molecule has 9 aromatic rings. The maximum absolute atomic E-state index is 9.40. The quantitative estimate of drug-likeness (QED) is 0.0779. The second kappa shape index (κ2) is 27.9. The van der Waals surface area contributed by atoms with E-state index in [4.69, 9.17) is 34.5 Å². The topological polar surface area (TPSA) is 71.9 Å². The highest BCUT2D eigenvalue weighted by atomic mass is 128. The molecule has 0 atom stereocenters. The predicted molar refractivity (Wildman–Crippen MR) is 308 cm³/mol. The molecule has 67 heavy (non-hydrogen) atoms. The van der Waals surface area contributed by atoms with E-state index in [0.717, 1.165) is 77.8 Å². The fraction of sp³-hybridized carbons (Fsp3) is 0.0536. The number of aromatic nitrogens is 1. The molecule has 0 bridgehead atoms. The number of para-hydroxylation sites is 4. The number of rotatable bonds is 13. The lowest BCUT2D eigenvalue weighted by Crippen LogP contribution is -2.21. The van der Waals surface area contributed by atoms with Gasteiger partial charge in [-0.05, 0) is 65.2 Å². The first-order valence-corrected chi connectivity index (χ1v) is 29.2. The fourth-order valence-corrected chi connectivity index (χ4v) is 8.34. The van der Waals surface area contributed by atoms with Gasteiger partial charge < -0.3 is 25.3 Å². The van der Waals surface area contributed by atoms with E-state index in [1.165, 1.54) is 5.56 Å². The van der Waals surface area contributed by atoms with Crippen molar-refractivity contribution in [2.75, 3.05) is 9.80 Å². The first kappa shape index (κ1) is 50.8. The summed E-state index contributed by atoms with van der Waals surface area (Å²) in [5.41, 5.74) is 13.0. The van der Waals surface area contributed by atoms with Gasteiger partial charge in [0.25, 0.3) is 0 Å². The van der Waals surface area contributed by atoms with Crippen LogP contribution in [0.25, 0.3) is 21.8 Å². The summed E-state index contributed by atoms with van der Waals surface area (Å²) in [4.78, 5) is 10.1. The summed E-state index contributed by atoms with van der Waals surface area (Å²) in [5.74, 6) is 0. The number of nitrogens with zero attached hydrogens (tertiary/aromatic N) is 3. The number of thiocarbonyl (C=S) groups is 2. The third-order valence-electron chi connectivity index (χ3n) is 10.1. The molecule has 0 aliphatic carbocycles. The van der Waals surface area contributed by atoms with E-state index in [-0.39, 0.29) is 13.2 Å². The number of aliphatic hydroxyl groups excluding tert-OH is 2. The molecule has 1 heterocycles. The summed E-state index contributed by atoms with van der Waals surface area (Å²) in [5, 5.41) is 23.6. The monoisotopic (exact) mass is 1160 g/mol. The number of hydrogen-bond acceptors (Lipinski definition) is 7. The van der Waals surface area contributed by atoms with Crippen molar-refractivity contribution in [1.82, 2.24) is 10.3 Å². The summed E-state index contributed by atoms with van der Waals surface area (Å²) < 4.78 is 0. The van der Waals surface area contributed by atoms with E-state index in [9.17, 15) is 5.11 Å². The zero-order chi connectivity index (χ0) is 47.1. The Bertz CT molecular complexity index is 2730. The Morgan fingerprint density at radius 3 is 1.34 bits per heavy atom. The van der Waals surface area contributed by atoms with Crippen LogP contribution in [0.1, 0.15) is 22.3 Å². The van der Waals surface area contributed by atoms with Gasteiger partial charge in [-0.2, -0.15) is 0 Å². The number of nitrogens with one attached hydrogen (secondary N) is 1. The average Bonchev–Trinajstić information content (AvgIpc) is 3.86. The Morgan fingerprint density at radius 2 is 0.910 bits per heavy atom. The lowest BCUT2D eigenvalue weighted by Gasteiger charge is -2.24. The molecule has 0 fully saturated rings. The number of hydrogen-bond donors (Lipinski definition) is 3. The van der Waals surface area contributed by atoms with E-state index in [1.807, 2.05) is 163 Å². The zero-order valence-electron chi connectivity index (χ0n) is 36.4. The van der Waals surface area contributed by atoms with Crippen LogP contribution in [0.3, 0.4) is 0 Å². The first-order chi connectivity index (χ1) is 33.0. The van der Waals surface area contributed by atoms with Crippen molar-refractivity contribution in [2.45, 2.75) is 19.8 Å². The minimum atomic E-state index is 0.0362. The van der Waals surface area contributed by atoms with Crippen LogP contribution < -0.4 is 15.1 Å². The Balaban J connectivity index is 0.000000179. The van der Waals surface area contributed by atoms with E-state index < -0.39 is 0 Å². The van der Waals surface area contributed by atoms with Crippen molar-refractivity contribution >= 4 is 111 Å². The summed E-state index contributed by atoms with van der Waals surface area (Å²) >= 11 is 16.3. The second-order valence-electron chi connectivity index (χ2n) is 14.6. The van der Waals surface area contributed by atoms with Crippen molar-refractivity contribution < 1.29 is 10.2 Å². The van der Waals surface area contributed by atoms with E-state index in [2.05, 4.69) is 120 Å². The molecule has 0 spiro atoms. The minimum Gasteiger partial charge on any atom is -0.392 e. The molecule has 8 aromatic carbocycles. The molecule has 6 nitrogen and oxygen atoms in total. The number of thiazole rings is 1. The highest BCUT2D eigenvalue weighted by molar-refractivity contribution is 15.0. The van der Waals surface area contributed by atoms with E-state index >= 15 is 0 Å². The standard InChI is InChI=1S/C28H22N2OS.C15H15NOS.C13H11NS.I2/c31-20-21-16-18-23(19-17-21)27-29-26(22-10-4-1-5-11-22)28(32-27)30(24-12-6-2-7-13-24)25-14-8-3-9-15-25;17-11-13-6-8-14(9-7-13)15(18)16-10-12-4-2-1-3-5-12;15-11-14(12-7-3-1-4-8-12)13-9-5-2-6-10-13;1-2/h1-19,31H,20H2;1-9,17H,10-11H2,(H,16,18);1-11H;. The van der Waals surface area contributed by atoms with Crippen molar-refractivity contribution in [1.29, 1.82) is 0 Å². The third kappa shape index (κ3) is 14.9. The smallest absolute Gasteiger partial charge is 0.129 e. The van der Waals surface area contributed by atoms with Gasteiger partial charge in [-0.25, -0.2) is 4.98 Å². The molecule has 0 aliphatic heterocycles. The summed E-state index contributed by atoms with van der Waals surface area (Å²) in [6, 6.07) is 77.0. The summed E-state index contributed by atoms with van der Waals surface area (Å²) in [6.45, 7) is 0.820. The van der Waals surface area contributed by atoms with Crippen LogP contribution in [-0.2, 0) is 19.8 Å². The Morgan fingerprint density at radius 1 is 0.507 bits per heavy atom. The largest absolute Gasteiger partial charge is 0.392 e. The molecule has 0 unspecified atom stereocenters. The van der Waals surface area contributed by atoms with Crippen LogP contribution in [0.2, 0.25) is 0 Å². The number of benzene rings is 8. The third-order valence-corrected chi connectivity index (χ3v) is 11.8. The van der Waals surface area contributed by atoms with Crippen molar-refractivity contribution in [3.63, 3.8) is 0 Å². The van der Waals surface area contributed by atoms with Gasteiger partial charge in [0, 0.05) is 83.2 Å². The van der Waals surface area contributed by atoms with Gasteiger partial charge in [-0.15, -0.1) is 0 Å². The Kier molecular flexibility index (Phi) is 21.1. The Labute approximate surface area is 432 Å². The normalized spacial score (nSPS) is 10.1. The molecule has 336 valence electrons. The van der Waals surface area contributed by atoms with Gasteiger partial charge in [-0.1, -0.05) is 218 Å². The number of aliphatic hydroxyl groups is 2. The predicted octanol–water partition coefficient (Wildman–Crippen LogP) is 15.6. The highest BCUT2D eigenvalue weighted by Gasteiger charge is 2.22. The molecule has 11 heteroatoms. The van der Waals surface area contributed by atoms with Gasteiger partial charge in [0.05, 0.1) is 18.7 Å². The van der Waals surface area contributed by atoms with Crippen LogP contribution in [0.5, 0.6) is 0 Å². The molecule has 0 radical (unpaired) electrons. The molecular weight excluding hydrogens is 1110 g/mol. The van der Waals surface area contributed by atoms with Crippen molar-refractivity contribution in [3.05, 3.63) is 253 Å². The molecule has 0 amide bonds. The Hall–Kier alpha value is -5.65. The minimum absolute atomic E-state index is 0.0362. The van der Waals surface area contributed by atoms with Crippen LogP contribution in [0.4, 0.5) is 27.8 Å². The number of anilines is 5. The summed E-state index contributed by atoms with van der Waals surface area (Å²) in [6.07, 6.45) is 0. The number of halogens is 2. The van der Waals surface area contributed by atoms with Gasteiger partial charge in [0.15, 0.2) is 0 Å². The molecule has 1 aromatic heterocycles. The summed E-state index contributed by atoms with van der Waals surface area (Å²) in [7, 11) is 0. The van der Waals surface area contributed by atoms with Crippen molar-refractivity contribution in [3.8, 4) is 21.8 Å². The van der Waals surface area contributed by atoms with Gasteiger partial charge in [0.1, 0.15) is 20.7 Å². The SMILES string of the molecule is II.OCc1ccc(-c2nc(-c3ccccc3)c(N(c3ccccc3)c3ccccc3)s2)cc1.OCc1ccc(C(=S)NCc2ccccc2)cc1.S=CN(c1ccccc1)c1ccccc1. The van der Waals surface area contributed by atoms with Crippen molar-refractivity contribution in [2.24, 2.45) is 0 Å². The lowest BCUT2D eigenvalue weighted by molar-refractivity contribution is 0.281. The van der Waals surface area contributed by atoms with Gasteiger partial charge in [0.2, 0.25) is 0 Å². The fourth-order valence-electron chi connectivity index (χ4n) is 6.75. The zero-order valence-corrected chi connectivity index (χ0v) is 43.1. The van der Waals surface area contributed by atoms with E-state index in [1.54, 1.807) is 16.8 Å². The van der Waals surface area contributed by atoms with Gasteiger partial charge in [-0.3, -0.25) is 0 Å². The van der Waals surface area contributed by atoms with Crippen LogP contribution in [0.15, 0.2) is 231 Å². The molecule has 0 aliphatic rings. The lowest BCUT2D eigenvalue weighted by atomic mass is 10.1. The van der Waals surface area contributed by atoms with Crippen LogP contribution in [0, 0.1) is 0 Å². The first-order valence-electron chi connectivity index (χ1n) is 21.2. The molecule has 0 saturated heterocycles. The van der Waals surface area contributed by atoms with Gasteiger partial charge >= 0.3 is 0 Å².